The van der Waals surface area contributed by atoms with Crippen molar-refractivity contribution in [1.82, 2.24) is 10.6 Å². The van der Waals surface area contributed by atoms with Crippen LogP contribution >= 0.6 is 0 Å². The van der Waals surface area contributed by atoms with Gasteiger partial charge in [-0.1, -0.05) is 25.8 Å². The first-order valence-corrected chi connectivity index (χ1v) is 8.40. The Morgan fingerprint density at radius 1 is 1.42 bits per heavy atom. The van der Waals surface area contributed by atoms with Crippen molar-refractivity contribution >= 4 is 6.03 Å². The molecule has 1 aliphatic carbocycles. The number of rotatable bonds is 6. The highest BCUT2D eigenvalue weighted by Gasteiger charge is 2.35. The van der Waals surface area contributed by atoms with Gasteiger partial charge in [-0.25, -0.2) is 9.18 Å². The van der Waals surface area contributed by atoms with E-state index in [2.05, 4.69) is 10.6 Å². The van der Waals surface area contributed by atoms with Crippen molar-refractivity contribution in [3.05, 3.63) is 35.1 Å². The van der Waals surface area contributed by atoms with Crippen LogP contribution < -0.4 is 10.6 Å². The zero-order valence-electron chi connectivity index (χ0n) is 14.4. The van der Waals surface area contributed by atoms with Gasteiger partial charge < -0.3 is 20.5 Å². The number of aliphatic hydroxyl groups is 1. The van der Waals surface area contributed by atoms with Crippen LogP contribution in [0, 0.1) is 11.2 Å². The second-order valence-electron chi connectivity index (χ2n) is 6.81. The lowest BCUT2D eigenvalue weighted by atomic mass is 9.73. The summed E-state index contributed by atoms with van der Waals surface area (Å²) in [5.74, 6) is -0.315. The number of hydrogen-bond donors (Lipinski definition) is 3. The van der Waals surface area contributed by atoms with Crippen LogP contribution in [-0.2, 0) is 17.9 Å². The molecule has 0 spiro atoms. The van der Waals surface area contributed by atoms with E-state index in [0.717, 1.165) is 31.2 Å². The van der Waals surface area contributed by atoms with Crippen molar-refractivity contribution in [1.29, 1.82) is 0 Å². The third kappa shape index (κ3) is 4.92. The summed E-state index contributed by atoms with van der Waals surface area (Å²) in [6.45, 7) is 2.96. The largest absolute Gasteiger partial charge is 0.392 e. The first kappa shape index (κ1) is 18.7. The molecule has 0 saturated heterocycles. The summed E-state index contributed by atoms with van der Waals surface area (Å²) in [5, 5.41) is 15.7. The lowest BCUT2D eigenvalue weighted by Gasteiger charge is -2.38. The summed E-state index contributed by atoms with van der Waals surface area (Å²) in [5.41, 5.74) is 1.01. The van der Waals surface area contributed by atoms with E-state index in [0.29, 0.717) is 18.7 Å². The molecule has 1 aromatic rings. The highest BCUT2D eigenvalue weighted by Crippen LogP contribution is 2.35. The molecule has 6 heteroatoms. The maximum absolute atomic E-state index is 13.6. The van der Waals surface area contributed by atoms with Crippen LogP contribution in [0.15, 0.2) is 18.2 Å². The van der Waals surface area contributed by atoms with E-state index in [1.807, 2.05) is 6.92 Å². The summed E-state index contributed by atoms with van der Waals surface area (Å²) < 4.78 is 18.5. The molecule has 0 aliphatic heterocycles. The topological polar surface area (TPSA) is 70.6 Å². The zero-order chi connectivity index (χ0) is 17.6. The Hall–Kier alpha value is -1.66. The smallest absolute Gasteiger partial charge is 0.315 e. The van der Waals surface area contributed by atoms with Gasteiger partial charge in [-0.05, 0) is 30.5 Å². The second-order valence-corrected chi connectivity index (χ2v) is 6.81. The number of methoxy groups -OCH3 is 1. The Kier molecular flexibility index (Phi) is 6.57. The molecule has 1 aromatic carbocycles. The Morgan fingerprint density at radius 2 is 2.21 bits per heavy atom. The van der Waals surface area contributed by atoms with Gasteiger partial charge in [-0.2, -0.15) is 0 Å². The Morgan fingerprint density at radius 3 is 2.92 bits per heavy atom. The molecule has 5 nitrogen and oxygen atoms in total. The van der Waals surface area contributed by atoms with Crippen LogP contribution in [0.3, 0.4) is 0 Å². The van der Waals surface area contributed by atoms with Gasteiger partial charge >= 0.3 is 6.03 Å². The van der Waals surface area contributed by atoms with Crippen molar-refractivity contribution in [2.24, 2.45) is 5.41 Å². The fourth-order valence-electron chi connectivity index (χ4n) is 3.12. The molecule has 3 N–H and O–H groups in total. The molecule has 0 radical (unpaired) electrons. The molecule has 2 unspecified atom stereocenters. The van der Waals surface area contributed by atoms with Crippen molar-refractivity contribution in [2.45, 2.75) is 51.9 Å². The van der Waals surface area contributed by atoms with Gasteiger partial charge in [0, 0.05) is 31.2 Å². The molecule has 1 fully saturated rings. The van der Waals surface area contributed by atoms with Gasteiger partial charge in [0.2, 0.25) is 0 Å². The minimum absolute atomic E-state index is 0.197. The number of hydrogen-bond acceptors (Lipinski definition) is 3. The van der Waals surface area contributed by atoms with Gasteiger partial charge in [0.05, 0.1) is 12.7 Å². The molecule has 0 aromatic heterocycles. The molecule has 0 heterocycles. The number of benzene rings is 1. The number of aliphatic hydroxyl groups excluding tert-OH is 1. The molecule has 1 saturated carbocycles. The molecule has 2 atom stereocenters. The second kappa shape index (κ2) is 8.44. The summed E-state index contributed by atoms with van der Waals surface area (Å²) in [7, 11) is 1.51. The highest BCUT2D eigenvalue weighted by atomic mass is 19.1. The third-order valence-electron chi connectivity index (χ3n) is 4.80. The highest BCUT2D eigenvalue weighted by molar-refractivity contribution is 5.73. The normalized spacial score (nSPS) is 23.8. The van der Waals surface area contributed by atoms with Gasteiger partial charge in [0.1, 0.15) is 5.82 Å². The van der Waals surface area contributed by atoms with E-state index in [-0.39, 0.29) is 30.0 Å². The van der Waals surface area contributed by atoms with Crippen molar-refractivity contribution < 1.29 is 19.0 Å². The number of carbonyl (C=O) groups is 1. The lowest BCUT2D eigenvalue weighted by molar-refractivity contribution is 0.00309. The Balaban J connectivity index is 1.82. The summed E-state index contributed by atoms with van der Waals surface area (Å²) in [6.07, 6.45) is 3.44. The maximum Gasteiger partial charge on any atom is 0.315 e. The van der Waals surface area contributed by atoms with Gasteiger partial charge in [-0.3, -0.25) is 0 Å². The minimum atomic E-state index is -0.375. The summed E-state index contributed by atoms with van der Waals surface area (Å²) >= 11 is 0. The van der Waals surface area contributed by atoms with Gasteiger partial charge in [0.25, 0.3) is 0 Å². The number of halogens is 1. The standard InChI is InChI=1S/C18H27FN2O3/c1-18(8-4-3-5-16(18)22)12-21-17(23)20-10-13-6-7-15(19)14(9-13)11-24-2/h6-7,9,16,22H,3-5,8,10-12H2,1-2H3,(H2,20,21,23). The maximum atomic E-state index is 13.6. The van der Waals surface area contributed by atoms with E-state index in [4.69, 9.17) is 4.74 Å². The van der Waals surface area contributed by atoms with Crippen LogP contribution in [0.1, 0.15) is 43.7 Å². The molecule has 2 amide bonds. The van der Waals surface area contributed by atoms with Crippen molar-refractivity contribution in [2.75, 3.05) is 13.7 Å². The average molecular weight is 338 g/mol. The fourth-order valence-corrected chi connectivity index (χ4v) is 3.12. The predicted octanol–water partition coefficient (Wildman–Crippen LogP) is 2.71. The van der Waals surface area contributed by atoms with E-state index < -0.39 is 0 Å². The first-order valence-electron chi connectivity index (χ1n) is 8.40. The van der Waals surface area contributed by atoms with E-state index >= 15 is 0 Å². The fraction of sp³-hybridized carbons (Fsp3) is 0.611. The van der Waals surface area contributed by atoms with E-state index in [1.165, 1.54) is 13.2 Å². The SMILES string of the molecule is COCc1cc(CNC(=O)NCC2(C)CCCCC2O)ccc1F. The zero-order valence-corrected chi connectivity index (χ0v) is 14.4. The van der Waals surface area contributed by atoms with Crippen LogP contribution in [0.2, 0.25) is 0 Å². The number of amides is 2. The quantitative estimate of drug-likeness (QED) is 0.747. The molecule has 1 aliphatic rings. The van der Waals surface area contributed by atoms with Crippen LogP contribution in [0.5, 0.6) is 0 Å². The average Bonchev–Trinajstić information content (AvgIpc) is 2.57. The summed E-state index contributed by atoms with van der Waals surface area (Å²) in [6, 6.07) is 4.42. The number of urea groups is 1. The first-order chi connectivity index (χ1) is 11.4. The van der Waals surface area contributed by atoms with Crippen LogP contribution in [0.25, 0.3) is 0 Å². The molecule has 2 rings (SSSR count). The molecule has 134 valence electrons. The molecular formula is C18H27FN2O3. The van der Waals surface area contributed by atoms with Gasteiger partial charge in [-0.15, -0.1) is 0 Å². The summed E-state index contributed by atoms with van der Waals surface area (Å²) in [4.78, 5) is 12.0. The van der Waals surface area contributed by atoms with Crippen LogP contribution in [0.4, 0.5) is 9.18 Å². The number of ether oxygens (including phenoxy) is 1. The third-order valence-corrected chi connectivity index (χ3v) is 4.80. The lowest BCUT2D eigenvalue weighted by Crippen LogP contribution is -2.47. The van der Waals surface area contributed by atoms with Gasteiger partial charge in [0.15, 0.2) is 0 Å². The Bertz CT molecular complexity index is 567. The number of nitrogens with one attached hydrogen (secondary N) is 2. The number of carbonyl (C=O) groups excluding carboxylic acids is 1. The van der Waals surface area contributed by atoms with E-state index in [1.54, 1.807) is 12.1 Å². The van der Waals surface area contributed by atoms with Crippen molar-refractivity contribution in [3.8, 4) is 0 Å². The molecule has 0 bridgehead atoms. The van der Waals surface area contributed by atoms with E-state index in [9.17, 15) is 14.3 Å². The van der Waals surface area contributed by atoms with Crippen LogP contribution in [-0.4, -0.2) is 30.9 Å². The molecular weight excluding hydrogens is 311 g/mol. The monoisotopic (exact) mass is 338 g/mol. The Labute approximate surface area is 142 Å². The minimum Gasteiger partial charge on any atom is -0.392 e. The predicted molar refractivity (Wildman–Crippen MR) is 89.9 cm³/mol. The van der Waals surface area contributed by atoms with Crippen molar-refractivity contribution in [3.63, 3.8) is 0 Å². The molecule has 24 heavy (non-hydrogen) atoms.